The lowest BCUT2D eigenvalue weighted by atomic mass is 9.91. The lowest BCUT2D eigenvalue weighted by Crippen LogP contribution is -2.06. The molecule has 0 saturated heterocycles. The van der Waals surface area contributed by atoms with Crippen molar-refractivity contribution in [2.45, 2.75) is 0 Å². The van der Waals surface area contributed by atoms with E-state index in [1.54, 1.807) is 6.07 Å². The molecule has 0 radical (unpaired) electrons. The fraction of sp³-hybridized carbons (Fsp3) is 0.0714. The van der Waals surface area contributed by atoms with Gasteiger partial charge in [-0.25, -0.2) is 9.59 Å². The standard InChI is InChI=1S/C28H22O4/c1-31-27(29)25-17-21(19-9-5-3-6-10-19)13-15-24(25)22-14-16-23(20-11-7-4-8-12-20)26(18-22)28(30)32-2/h3-18H,1-2H3. The minimum Gasteiger partial charge on any atom is -0.465 e. The molecule has 0 aliphatic rings. The number of carbonyl (C=O) groups excluding carboxylic acids is 2. The van der Waals surface area contributed by atoms with E-state index in [0.29, 0.717) is 16.7 Å². The van der Waals surface area contributed by atoms with Crippen molar-refractivity contribution in [3.63, 3.8) is 0 Å². The van der Waals surface area contributed by atoms with Gasteiger partial charge in [-0.15, -0.1) is 0 Å². The van der Waals surface area contributed by atoms with Gasteiger partial charge in [-0.05, 0) is 45.5 Å². The molecule has 0 aromatic heterocycles. The molecule has 0 atom stereocenters. The van der Waals surface area contributed by atoms with Gasteiger partial charge in [0, 0.05) is 0 Å². The summed E-state index contributed by atoms with van der Waals surface area (Å²) in [5.74, 6) is -0.879. The van der Waals surface area contributed by atoms with Crippen LogP contribution in [0.4, 0.5) is 0 Å². The van der Waals surface area contributed by atoms with Crippen LogP contribution in [0.2, 0.25) is 0 Å². The van der Waals surface area contributed by atoms with Gasteiger partial charge in [0.2, 0.25) is 0 Å². The number of ether oxygens (including phenoxy) is 2. The lowest BCUT2D eigenvalue weighted by molar-refractivity contribution is 0.0593. The Morgan fingerprint density at radius 3 is 1.47 bits per heavy atom. The second-order valence-electron chi connectivity index (χ2n) is 7.24. The third-order valence-electron chi connectivity index (χ3n) is 5.35. The van der Waals surface area contributed by atoms with E-state index < -0.39 is 11.9 Å². The Hall–Kier alpha value is -4.18. The average molecular weight is 422 g/mol. The fourth-order valence-electron chi connectivity index (χ4n) is 3.75. The van der Waals surface area contributed by atoms with Crippen molar-refractivity contribution in [3.8, 4) is 33.4 Å². The van der Waals surface area contributed by atoms with Crippen molar-refractivity contribution >= 4 is 11.9 Å². The van der Waals surface area contributed by atoms with E-state index in [-0.39, 0.29) is 0 Å². The van der Waals surface area contributed by atoms with E-state index in [2.05, 4.69) is 0 Å². The molecule has 0 N–H and O–H groups in total. The van der Waals surface area contributed by atoms with Gasteiger partial charge in [-0.3, -0.25) is 0 Å². The van der Waals surface area contributed by atoms with E-state index in [9.17, 15) is 9.59 Å². The monoisotopic (exact) mass is 422 g/mol. The molecule has 0 amide bonds. The summed E-state index contributed by atoms with van der Waals surface area (Å²) in [6.45, 7) is 0. The van der Waals surface area contributed by atoms with Crippen molar-refractivity contribution in [2.24, 2.45) is 0 Å². The van der Waals surface area contributed by atoms with Crippen LogP contribution in [0, 0.1) is 0 Å². The van der Waals surface area contributed by atoms with Crippen molar-refractivity contribution in [3.05, 3.63) is 108 Å². The first-order valence-corrected chi connectivity index (χ1v) is 10.2. The van der Waals surface area contributed by atoms with E-state index in [0.717, 1.165) is 27.8 Å². The van der Waals surface area contributed by atoms with Crippen LogP contribution in [0.15, 0.2) is 97.1 Å². The Morgan fingerprint density at radius 1 is 0.500 bits per heavy atom. The zero-order valence-electron chi connectivity index (χ0n) is 17.9. The Labute approximate surface area is 187 Å². The van der Waals surface area contributed by atoms with Crippen molar-refractivity contribution < 1.29 is 19.1 Å². The number of hydrogen-bond donors (Lipinski definition) is 0. The number of methoxy groups -OCH3 is 2. The van der Waals surface area contributed by atoms with Crippen LogP contribution in [0.1, 0.15) is 20.7 Å². The number of rotatable bonds is 5. The maximum Gasteiger partial charge on any atom is 0.338 e. The third-order valence-corrected chi connectivity index (χ3v) is 5.35. The summed E-state index contributed by atoms with van der Waals surface area (Å²) in [6.07, 6.45) is 0. The highest BCUT2D eigenvalue weighted by Gasteiger charge is 2.19. The zero-order valence-corrected chi connectivity index (χ0v) is 17.9. The van der Waals surface area contributed by atoms with Crippen LogP contribution in [-0.4, -0.2) is 26.2 Å². The zero-order chi connectivity index (χ0) is 22.5. The number of carbonyl (C=O) groups is 2. The van der Waals surface area contributed by atoms with Gasteiger partial charge in [0.25, 0.3) is 0 Å². The van der Waals surface area contributed by atoms with Gasteiger partial charge in [0.1, 0.15) is 0 Å². The Kier molecular flexibility index (Phi) is 6.13. The SMILES string of the molecule is COC(=O)c1cc(-c2ccccc2)ccc1-c1ccc(-c2ccccc2)c(C(=O)OC)c1. The molecule has 0 heterocycles. The maximum atomic E-state index is 12.6. The average Bonchev–Trinajstić information content (AvgIpc) is 2.88. The smallest absolute Gasteiger partial charge is 0.338 e. The van der Waals surface area contributed by atoms with Gasteiger partial charge in [0.05, 0.1) is 25.3 Å². The topological polar surface area (TPSA) is 52.6 Å². The minimum absolute atomic E-state index is 0.428. The number of esters is 2. The molecule has 0 aliphatic heterocycles. The maximum absolute atomic E-state index is 12.6. The fourth-order valence-corrected chi connectivity index (χ4v) is 3.75. The van der Waals surface area contributed by atoms with Crippen LogP contribution in [0.3, 0.4) is 0 Å². The van der Waals surface area contributed by atoms with E-state index in [4.69, 9.17) is 9.47 Å². The van der Waals surface area contributed by atoms with Gasteiger partial charge in [0.15, 0.2) is 0 Å². The molecule has 4 heteroatoms. The highest BCUT2D eigenvalue weighted by Crippen LogP contribution is 2.33. The van der Waals surface area contributed by atoms with Crippen LogP contribution in [0.25, 0.3) is 33.4 Å². The summed E-state index contributed by atoms with van der Waals surface area (Å²) in [4.78, 5) is 25.2. The van der Waals surface area contributed by atoms with Crippen molar-refractivity contribution in [1.29, 1.82) is 0 Å². The minimum atomic E-state index is -0.440. The first-order chi connectivity index (χ1) is 15.6. The molecule has 0 bridgehead atoms. The third kappa shape index (κ3) is 4.16. The van der Waals surface area contributed by atoms with Crippen molar-refractivity contribution in [1.82, 2.24) is 0 Å². The molecular weight excluding hydrogens is 400 g/mol. The molecule has 158 valence electrons. The Morgan fingerprint density at radius 2 is 0.938 bits per heavy atom. The summed E-state index contributed by atoms with van der Waals surface area (Å²) in [6, 6.07) is 30.7. The lowest BCUT2D eigenvalue weighted by Gasteiger charge is -2.14. The van der Waals surface area contributed by atoms with Crippen LogP contribution < -0.4 is 0 Å². The molecular formula is C28H22O4. The predicted molar refractivity (Wildman–Crippen MR) is 125 cm³/mol. The summed E-state index contributed by atoms with van der Waals surface area (Å²) >= 11 is 0. The first kappa shape index (κ1) is 21.1. The summed E-state index contributed by atoms with van der Waals surface area (Å²) < 4.78 is 10.1. The van der Waals surface area contributed by atoms with Gasteiger partial charge in [-0.1, -0.05) is 84.9 Å². The molecule has 4 rings (SSSR count). The van der Waals surface area contributed by atoms with Gasteiger partial charge >= 0.3 is 11.9 Å². The second kappa shape index (κ2) is 9.31. The van der Waals surface area contributed by atoms with E-state index in [1.165, 1.54) is 14.2 Å². The van der Waals surface area contributed by atoms with Gasteiger partial charge < -0.3 is 9.47 Å². The van der Waals surface area contributed by atoms with Crippen LogP contribution in [-0.2, 0) is 9.47 Å². The second-order valence-corrected chi connectivity index (χ2v) is 7.24. The first-order valence-electron chi connectivity index (χ1n) is 10.2. The molecule has 4 aromatic rings. The molecule has 0 spiro atoms. The normalized spacial score (nSPS) is 10.4. The quantitative estimate of drug-likeness (QED) is 0.356. The van der Waals surface area contributed by atoms with Crippen LogP contribution in [0.5, 0.6) is 0 Å². The summed E-state index contributed by atoms with van der Waals surface area (Å²) in [7, 11) is 2.72. The van der Waals surface area contributed by atoms with E-state index in [1.807, 2.05) is 91.0 Å². The molecule has 0 fully saturated rings. The Balaban J connectivity index is 1.87. The predicted octanol–water partition coefficient (Wildman–Crippen LogP) is 6.26. The largest absolute Gasteiger partial charge is 0.465 e. The molecule has 0 aliphatic carbocycles. The van der Waals surface area contributed by atoms with Crippen molar-refractivity contribution in [2.75, 3.05) is 14.2 Å². The number of benzene rings is 4. The summed E-state index contributed by atoms with van der Waals surface area (Å²) in [5.41, 5.74) is 5.85. The van der Waals surface area contributed by atoms with Gasteiger partial charge in [-0.2, -0.15) is 0 Å². The summed E-state index contributed by atoms with van der Waals surface area (Å²) in [5, 5.41) is 0. The molecule has 4 nitrogen and oxygen atoms in total. The number of hydrogen-bond acceptors (Lipinski definition) is 4. The van der Waals surface area contributed by atoms with E-state index >= 15 is 0 Å². The Bertz CT molecular complexity index is 1260. The molecule has 0 unspecified atom stereocenters. The molecule has 32 heavy (non-hydrogen) atoms. The van der Waals surface area contributed by atoms with Crippen LogP contribution >= 0.6 is 0 Å². The molecule has 0 saturated carbocycles. The highest BCUT2D eigenvalue weighted by molar-refractivity contribution is 6.02. The highest BCUT2D eigenvalue weighted by atomic mass is 16.5. The molecule has 4 aromatic carbocycles.